The Morgan fingerprint density at radius 1 is 0.800 bits per heavy atom. The summed E-state index contributed by atoms with van der Waals surface area (Å²) in [7, 11) is 0. The number of amides is 1. The fourth-order valence-electron chi connectivity index (χ4n) is 2.32. The van der Waals surface area contributed by atoms with E-state index in [4.69, 9.17) is 5.53 Å². The minimum absolute atomic E-state index is 0.296. The normalized spacial score (nSPS) is 9.76. The number of benzene rings is 3. The average molecular weight is 329 g/mol. The quantitative estimate of drug-likeness (QED) is 0.361. The zero-order valence-electron chi connectivity index (χ0n) is 13.3. The molecule has 0 heterocycles. The summed E-state index contributed by atoms with van der Waals surface area (Å²) >= 11 is 0. The van der Waals surface area contributed by atoms with Gasteiger partial charge in [-0.1, -0.05) is 41.5 Å². The van der Waals surface area contributed by atoms with Gasteiger partial charge in [0.25, 0.3) is 5.91 Å². The molecule has 0 bridgehead atoms. The zero-order valence-corrected chi connectivity index (χ0v) is 13.3. The lowest BCUT2D eigenvalue weighted by atomic mass is 10.1. The molecule has 25 heavy (non-hydrogen) atoms. The second kappa shape index (κ2) is 7.68. The average Bonchev–Trinajstić information content (AvgIpc) is 2.65. The molecule has 0 unspecified atom stereocenters. The standard InChI is InChI=1S/C19H15N5O/c20-24-23-18-9-5-4-8-17(18)19(25)22-16-12-10-15(11-13-16)21-14-6-2-1-3-7-14/h1-13,21H,(H,22,25). The van der Waals surface area contributed by atoms with Gasteiger partial charge in [-0.3, -0.25) is 4.79 Å². The largest absolute Gasteiger partial charge is 0.356 e. The Balaban J connectivity index is 1.71. The van der Waals surface area contributed by atoms with Crippen molar-refractivity contribution in [2.75, 3.05) is 10.6 Å². The summed E-state index contributed by atoms with van der Waals surface area (Å²) in [4.78, 5) is 15.1. The smallest absolute Gasteiger partial charge is 0.256 e. The number of nitrogens with zero attached hydrogens (tertiary/aromatic N) is 3. The minimum Gasteiger partial charge on any atom is -0.356 e. The predicted octanol–water partition coefficient (Wildman–Crippen LogP) is 5.62. The zero-order chi connectivity index (χ0) is 17.5. The van der Waals surface area contributed by atoms with Crippen molar-refractivity contribution in [3.8, 4) is 0 Å². The van der Waals surface area contributed by atoms with Crippen molar-refractivity contribution in [1.82, 2.24) is 0 Å². The van der Waals surface area contributed by atoms with E-state index in [0.29, 0.717) is 16.9 Å². The first-order valence-electron chi connectivity index (χ1n) is 7.64. The molecule has 6 heteroatoms. The first-order chi connectivity index (χ1) is 12.3. The molecule has 6 nitrogen and oxygen atoms in total. The highest BCUT2D eigenvalue weighted by molar-refractivity contribution is 6.07. The van der Waals surface area contributed by atoms with Gasteiger partial charge in [-0.2, -0.15) is 0 Å². The maximum Gasteiger partial charge on any atom is 0.256 e. The van der Waals surface area contributed by atoms with Crippen LogP contribution in [0.1, 0.15) is 10.4 Å². The van der Waals surface area contributed by atoms with Gasteiger partial charge in [0.05, 0.1) is 5.69 Å². The number of rotatable bonds is 5. The van der Waals surface area contributed by atoms with E-state index in [9.17, 15) is 4.79 Å². The molecule has 0 atom stereocenters. The van der Waals surface area contributed by atoms with Crippen LogP contribution < -0.4 is 10.6 Å². The van der Waals surface area contributed by atoms with E-state index in [1.54, 1.807) is 36.4 Å². The van der Waals surface area contributed by atoms with Gasteiger partial charge in [0.1, 0.15) is 0 Å². The van der Waals surface area contributed by atoms with Crippen LogP contribution in [-0.2, 0) is 0 Å². The lowest BCUT2D eigenvalue weighted by Crippen LogP contribution is -2.11. The molecule has 0 aliphatic carbocycles. The molecule has 3 aromatic rings. The Labute approximate surface area is 144 Å². The van der Waals surface area contributed by atoms with Crippen molar-refractivity contribution in [2.24, 2.45) is 5.11 Å². The number of carbonyl (C=O) groups excluding carboxylic acids is 1. The third-order valence-corrected chi connectivity index (χ3v) is 3.51. The van der Waals surface area contributed by atoms with Gasteiger partial charge in [0.15, 0.2) is 0 Å². The van der Waals surface area contributed by atoms with Crippen molar-refractivity contribution in [3.05, 3.63) is 94.9 Å². The fraction of sp³-hybridized carbons (Fsp3) is 0. The van der Waals surface area contributed by atoms with E-state index in [0.717, 1.165) is 11.4 Å². The number of azide groups is 1. The molecular weight excluding hydrogens is 314 g/mol. The minimum atomic E-state index is -0.327. The summed E-state index contributed by atoms with van der Waals surface area (Å²) < 4.78 is 0. The van der Waals surface area contributed by atoms with Crippen LogP contribution in [-0.4, -0.2) is 5.91 Å². The lowest BCUT2D eigenvalue weighted by Gasteiger charge is -2.09. The van der Waals surface area contributed by atoms with Gasteiger partial charge < -0.3 is 10.6 Å². The Kier molecular flexibility index (Phi) is 4.95. The topological polar surface area (TPSA) is 89.9 Å². The van der Waals surface area contributed by atoms with Gasteiger partial charge in [-0.25, -0.2) is 0 Å². The summed E-state index contributed by atoms with van der Waals surface area (Å²) in [6, 6.07) is 23.8. The SMILES string of the molecule is [N-]=[N+]=Nc1ccccc1C(=O)Nc1ccc(Nc2ccccc2)cc1. The molecule has 3 aromatic carbocycles. The molecule has 0 aromatic heterocycles. The Morgan fingerprint density at radius 3 is 2.12 bits per heavy atom. The summed E-state index contributed by atoms with van der Waals surface area (Å²) in [5.41, 5.74) is 11.8. The van der Waals surface area contributed by atoms with Crippen molar-refractivity contribution in [2.45, 2.75) is 0 Å². The first kappa shape index (κ1) is 16.1. The van der Waals surface area contributed by atoms with Gasteiger partial charge in [0.2, 0.25) is 0 Å². The van der Waals surface area contributed by atoms with Gasteiger partial charge in [-0.05, 0) is 48.0 Å². The van der Waals surface area contributed by atoms with Crippen LogP contribution in [0.25, 0.3) is 10.4 Å². The number of para-hydroxylation sites is 1. The van der Waals surface area contributed by atoms with E-state index in [1.165, 1.54) is 0 Å². The Morgan fingerprint density at radius 2 is 1.40 bits per heavy atom. The van der Waals surface area contributed by atoms with E-state index in [-0.39, 0.29) is 5.91 Å². The molecule has 1 amide bonds. The molecule has 0 aliphatic rings. The summed E-state index contributed by atoms with van der Waals surface area (Å²) in [6.07, 6.45) is 0. The molecule has 3 rings (SSSR count). The van der Waals surface area contributed by atoms with Crippen molar-refractivity contribution in [3.63, 3.8) is 0 Å². The third kappa shape index (κ3) is 4.16. The maximum absolute atomic E-state index is 12.4. The van der Waals surface area contributed by atoms with Gasteiger partial charge in [0, 0.05) is 27.5 Å². The Hall–Kier alpha value is -3.76. The monoisotopic (exact) mass is 329 g/mol. The van der Waals surface area contributed by atoms with Crippen LogP contribution in [0.3, 0.4) is 0 Å². The van der Waals surface area contributed by atoms with Crippen LogP contribution in [0.2, 0.25) is 0 Å². The molecule has 122 valence electrons. The van der Waals surface area contributed by atoms with Crippen LogP contribution in [0, 0.1) is 0 Å². The molecule has 2 N–H and O–H groups in total. The first-order valence-corrected chi connectivity index (χ1v) is 7.64. The molecule has 0 spiro atoms. The number of hydrogen-bond donors (Lipinski definition) is 2. The molecule has 0 saturated heterocycles. The summed E-state index contributed by atoms with van der Waals surface area (Å²) in [6.45, 7) is 0. The highest BCUT2D eigenvalue weighted by Crippen LogP contribution is 2.22. The summed E-state index contributed by atoms with van der Waals surface area (Å²) in [5, 5.41) is 9.61. The molecule has 0 fully saturated rings. The highest BCUT2D eigenvalue weighted by atomic mass is 16.1. The molecular formula is C19H15N5O. The van der Waals surface area contributed by atoms with Crippen molar-refractivity contribution < 1.29 is 4.79 Å². The second-order valence-corrected chi connectivity index (χ2v) is 5.23. The van der Waals surface area contributed by atoms with Crippen molar-refractivity contribution >= 4 is 28.7 Å². The molecule has 0 saturated carbocycles. The van der Waals surface area contributed by atoms with E-state index < -0.39 is 0 Å². The van der Waals surface area contributed by atoms with E-state index in [2.05, 4.69) is 20.7 Å². The van der Waals surface area contributed by atoms with E-state index >= 15 is 0 Å². The predicted molar refractivity (Wildman–Crippen MR) is 99.4 cm³/mol. The number of carbonyl (C=O) groups is 1. The van der Waals surface area contributed by atoms with Crippen LogP contribution in [0.15, 0.2) is 84.0 Å². The number of hydrogen-bond acceptors (Lipinski definition) is 3. The van der Waals surface area contributed by atoms with Crippen molar-refractivity contribution in [1.29, 1.82) is 0 Å². The lowest BCUT2D eigenvalue weighted by molar-refractivity contribution is 0.102. The highest BCUT2D eigenvalue weighted by Gasteiger charge is 2.10. The van der Waals surface area contributed by atoms with Gasteiger partial charge >= 0.3 is 0 Å². The van der Waals surface area contributed by atoms with Gasteiger partial charge in [-0.15, -0.1) is 0 Å². The number of nitrogens with one attached hydrogen (secondary N) is 2. The van der Waals surface area contributed by atoms with E-state index in [1.807, 2.05) is 42.5 Å². The Bertz CT molecular complexity index is 916. The second-order valence-electron chi connectivity index (χ2n) is 5.23. The van der Waals surface area contributed by atoms with Crippen LogP contribution >= 0.6 is 0 Å². The molecule has 0 radical (unpaired) electrons. The maximum atomic E-state index is 12.4. The van der Waals surface area contributed by atoms with Crippen LogP contribution in [0.4, 0.5) is 22.7 Å². The number of anilines is 3. The summed E-state index contributed by atoms with van der Waals surface area (Å²) in [5.74, 6) is -0.327. The third-order valence-electron chi connectivity index (χ3n) is 3.51. The molecule has 0 aliphatic heterocycles. The van der Waals surface area contributed by atoms with Crippen LogP contribution in [0.5, 0.6) is 0 Å². The fourth-order valence-corrected chi connectivity index (χ4v) is 2.32.